The first-order chi connectivity index (χ1) is 10.9. The minimum Gasteiger partial charge on any atom is -0.494 e. The van der Waals surface area contributed by atoms with Crippen LogP contribution in [0.1, 0.15) is 19.3 Å². The molecule has 1 atom stereocenters. The maximum atomic E-state index is 12.0. The predicted molar refractivity (Wildman–Crippen MR) is 95.3 cm³/mol. The number of hydrogen-bond donors (Lipinski definition) is 1. The van der Waals surface area contributed by atoms with Crippen molar-refractivity contribution in [1.29, 1.82) is 0 Å². The van der Waals surface area contributed by atoms with Gasteiger partial charge in [0.05, 0.1) is 11.5 Å². The molecule has 1 heterocycles. The molecular formula is C16H25ClN2O4S. The van der Waals surface area contributed by atoms with Crippen molar-refractivity contribution in [3.8, 4) is 5.75 Å². The molecule has 1 fully saturated rings. The SMILES string of the molecule is CS(=O)(=O)c1ccc(OCCCC(=O)N2CCC(CN)C2)cc1.Cl. The van der Waals surface area contributed by atoms with Crippen LogP contribution in [0, 0.1) is 5.92 Å². The van der Waals surface area contributed by atoms with E-state index in [0.29, 0.717) is 37.7 Å². The Morgan fingerprint density at radius 1 is 1.33 bits per heavy atom. The van der Waals surface area contributed by atoms with Gasteiger partial charge in [-0.3, -0.25) is 4.79 Å². The summed E-state index contributed by atoms with van der Waals surface area (Å²) in [5, 5.41) is 0. The van der Waals surface area contributed by atoms with Gasteiger partial charge in [0.2, 0.25) is 5.91 Å². The average Bonchev–Trinajstić information content (AvgIpc) is 3.00. The third-order valence-corrected chi connectivity index (χ3v) is 5.16. The fourth-order valence-electron chi connectivity index (χ4n) is 2.61. The lowest BCUT2D eigenvalue weighted by Crippen LogP contribution is -2.29. The van der Waals surface area contributed by atoms with E-state index in [9.17, 15) is 13.2 Å². The van der Waals surface area contributed by atoms with Gasteiger partial charge in [-0.15, -0.1) is 12.4 Å². The van der Waals surface area contributed by atoms with Crippen LogP contribution in [-0.2, 0) is 14.6 Å². The highest BCUT2D eigenvalue weighted by atomic mass is 35.5. The lowest BCUT2D eigenvalue weighted by Gasteiger charge is -2.16. The molecule has 1 aliphatic heterocycles. The van der Waals surface area contributed by atoms with Gasteiger partial charge >= 0.3 is 0 Å². The first-order valence-corrected chi connectivity index (χ1v) is 9.70. The summed E-state index contributed by atoms with van der Waals surface area (Å²) in [6.45, 7) is 2.63. The normalized spacial score (nSPS) is 17.4. The number of nitrogens with zero attached hydrogens (tertiary/aromatic N) is 1. The van der Waals surface area contributed by atoms with E-state index in [4.69, 9.17) is 10.5 Å². The topological polar surface area (TPSA) is 89.7 Å². The lowest BCUT2D eigenvalue weighted by molar-refractivity contribution is -0.130. The minimum absolute atomic E-state index is 0. The monoisotopic (exact) mass is 376 g/mol. The molecule has 0 radical (unpaired) electrons. The molecular weight excluding hydrogens is 352 g/mol. The summed E-state index contributed by atoms with van der Waals surface area (Å²) in [6, 6.07) is 6.30. The van der Waals surface area contributed by atoms with Gasteiger partial charge < -0.3 is 15.4 Å². The molecule has 2 N–H and O–H groups in total. The summed E-state index contributed by atoms with van der Waals surface area (Å²) in [6.07, 6.45) is 3.25. The molecule has 0 aliphatic carbocycles. The van der Waals surface area contributed by atoms with E-state index in [1.807, 2.05) is 4.90 Å². The van der Waals surface area contributed by atoms with Crippen LogP contribution in [-0.4, -0.2) is 51.7 Å². The summed E-state index contributed by atoms with van der Waals surface area (Å²) in [7, 11) is -3.19. The van der Waals surface area contributed by atoms with E-state index in [0.717, 1.165) is 19.5 Å². The number of ether oxygens (including phenoxy) is 1. The summed E-state index contributed by atoms with van der Waals surface area (Å²) in [5.41, 5.74) is 5.62. The molecule has 2 rings (SSSR count). The Kier molecular flexibility index (Phi) is 7.99. The molecule has 1 amide bonds. The smallest absolute Gasteiger partial charge is 0.222 e. The number of rotatable bonds is 7. The van der Waals surface area contributed by atoms with Gasteiger partial charge in [0.1, 0.15) is 5.75 Å². The van der Waals surface area contributed by atoms with Crippen LogP contribution in [0.15, 0.2) is 29.2 Å². The minimum atomic E-state index is -3.19. The molecule has 1 unspecified atom stereocenters. The number of sulfone groups is 1. The molecule has 6 nitrogen and oxygen atoms in total. The second-order valence-electron chi connectivity index (χ2n) is 5.93. The Labute approximate surface area is 149 Å². The van der Waals surface area contributed by atoms with Crippen molar-refractivity contribution in [2.75, 3.05) is 32.5 Å². The highest BCUT2D eigenvalue weighted by Gasteiger charge is 2.24. The van der Waals surface area contributed by atoms with Crippen LogP contribution in [0.2, 0.25) is 0 Å². The second-order valence-corrected chi connectivity index (χ2v) is 7.94. The van der Waals surface area contributed by atoms with Crippen molar-refractivity contribution in [3.63, 3.8) is 0 Å². The molecule has 0 bridgehead atoms. The molecule has 24 heavy (non-hydrogen) atoms. The number of nitrogens with two attached hydrogens (primary N) is 1. The quantitative estimate of drug-likeness (QED) is 0.728. The fourth-order valence-corrected chi connectivity index (χ4v) is 3.24. The Balaban J connectivity index is 0.00000288. The Hall–Kier alpha value is -1.31. The second kappa shape index (κ2) is 9.25. The first-order valence-electron chi connectivity index (χ1n) is 7.81. The van der Waals surface area contributed by atoms with E-state index in [2.05, 4.69) is 0 Å². The van der Waals surface area contributed by atoms with Gasteiger partial charge in [-0.05, 0) is 49.6 Å². The first kappa shape index (κ1) is 20.7. The number of hydrogen-bond acceptors (Lipinski definition) is 5. The lowest BCUT2D eigenvalue weighted by atomic mass is 10.1. The van der Waals surface area contributed by atoms with Crippen molar-refractivity contribution in [3.05, 3.63) is 24.3 Å². The Morgan fingerprint density at radius 2 is 2.00 bits per heavy atom. The molecule has 8 heteroatoms. The molecule has 1 aromatic carbocycles. The van der Waals surface area contributed by atoms with Gasteiger partial charge in [-0.1, -0.05) is 0 Å². The zero-order valence-electron chi connectivity index (χ0n) is 13.8. The van der Waals surface area contributed by atoms with Crippen LogP contribution in [0.3, 0.4) is 0 Å². The van der Waals surface area contributed by atoms with E-state index in [1.54, 1.807) is 12.1 Å². The summed E-state index contributed by atoms with van der Waals surface area (Å²) < 4.78 is 28.3. The summed E-state index contributed by atoms with van der Waals surface area (Å²) >= 11 is 0. The van der Waals surface area contributed by atoms with Crippen LogP contribution in [0.5, 0.6) is 5.75 Å². The van der Waals surface area contributed by atoms with Crippen molar-refractivity contribution in [1.82, 2.24) is 4.90 Å². The molecule has 0 spiro atoms. The zero-order chi connectivity index (χ0) is 16.9. The van der Waals surface area contributed by atoms with Crippen molar-refractivity contribution in [2.45, 2.75) is 24.2 Å². The third-order valence-electron chi connectivity index (χ3n) is 4.03. The molecule has 0 aromatic heterocycles. The van der Waals surface area contributed by atoms with E-state index in [-0.39, 0.29) is 23.2 Å². The Bertz CT molecular complexity index is 634. The average molecular weight is 377 g/mol. The molecule has 1 aromatic rings. The highest BCUT2D eigenvalue weighted by Crippen LogP contribution is 2.18. The molecule has 1 saturated heterocycles. The van der Waals surface area contributed by atoms with Crippen LogP contribution in [0.25, 0.3) is 0 Å². The molecule has 136 valence electrons. The number of carbonyl (C=O) groups excluding carboxylic acids is 1. The van der Waals surface area contributed by atoms with Crippen molar-refractivity contribution >= 4 is 28.2 Å². The molecule has 0 saturated carbocycles. The summed E-state index contributed by atoms with van der Waals surface area (Å²) in [4.78, 5) is 14.2. The number of likely N-dealkylation sites (tertiary alicyclic amines) is 1. The van der Waals surface area contributed by atoms with Crippen LogP contribution >= 0.6 is 12.4 Å². The molecule has 1 aliphatic rings. The standard InChI is InChI=1S/C16H24N2O4S.ClH/c1-23(20,21)15-6-4-14(5-7-15)22-10-2-3-16(19)18-9-8-13(11-17)12-18;/h4-7,13H,2-3,8-12,17H2,1H3;1H. The maximum absolute atomic E-state index is 12.0. The van der Waals surface area contributed by atoms with Gasteiger partial charge in [-0.25, -0.2) is 8.42 Å². The number of carbonyl (C=O) groups is 1. The van der Waals surface area contributed by atoms with E-state index < -0.39 is 9.84 Å². The summed E-state index contributed by atoms with van der Waals surface area (Å²) in [5.74, 6) is 1.19. The maximum Gasteiger partial charge on any atom is 0.222 e. The number of amides is 1. The van der Waals surface area contributed by atoms with Crippen molar-refractivity contribution in [2.24, 2.45) is 11.7 Å². The van der Waals surface area contributed by atoms with Crippen LogP contribution in [0.4, 0.5) is 0 Å². The van der Waals surface area contributed by atoms with Gasteiger partial charge in [0.25, 0.3) is 0 Å². The van der Waals surface area contributed by atoms with Crippen molar-refractivity contribution < 1.29 is 17.9 Å². The number of benzene rings is 1. The third kappa shape index (κ3) is 5.96. The predicted octanol–water partition coefficient (Wildman–Crippen LogP) is 1.48. The van der Waals surface area contributed by atoms with Gasteiger partial charge in [0, 0.05) is 25.8 Å². The Morgan fingerprint density at radius 3 is 2.54 bits per heavy atom. The highest BCUT2D eigenvalue weighted by molar-refractivity contribution is 7.90. The zero-order valence-corrected chi connectivity index (χ0v) is 15.4. The number of halogens is 1. The fraction of sp³-hybridized carbons (Fsp3) is 0.562. The van der Waals surface area contributed by atoms with Gasteiger partial charge in [0.15, 0.2) is 9.84 Å². The van der Waals surface area contributed by atoms with Gasteiger partial charge in [-0.2, -0.15) is 0 Å². The van der Waals surface area contributed by atoms with E-state index >= 15 is 0 Å². The van der Waals surface area contributed by atoms with Crippen LogP contribution < -0.4 is 10.5 Å². The van der Waals surface area contributed by atoms with E-state index in [1.165, 1.54) is 18.4 Å². The largest absolute Gasteiger partial charge is 0.494 e.